The van der Waals surface area contributed by atoms with Crippen molar-refractivity contribution in [3.63, 3.8) is 0 Å². The van der Waals surface area contributed by atoms with E-state index < -0.39 is 11.8 Å². The van der Waals surface area contributed by atoms with Crippen LogP contribution in [0.3, 0.4) is 0 Å². The predicted molar refractivity (Wildman–Crippen MR) is 74.1 cm³/mol. The van der Waals surface area contributed by atoms with Gasteiger partial charge in [-0.05, 0) is 54.9 Å². The third kappa shape index (κ3) is 3.79. The Morgan fingerprint density at radius 3 is 2.55 bits per heavy atom. The number of hydrogen-bond acceptors (Lipinski definition) is 2. The van der Waals surface area contributed by atoms with Crippen LogP contribution in [0.5, 0.6) is 0 Å². The average Bonchev–Trinajstić information content (AvgIpc) is 2.35. The van der Waals surface area contributed by atoms with Gasteiger partial charge in [-0.15, -0.1) is 0 Å². The second kappa shape index (κ2) is 6.35. The molecule has 0 bridgehead atoms. The fraction of sp³-hybridized carbons (Fsp3) is 0.562. The van der Waals surface area contributed by atoms with Crippen LogP contribution < -0.4 is 0 Å². The molecule has 1 aliphatic carbocycles. The van der Waals surface area contributed by atoms with Gasteiger partial charge in [0.05, 0.1) is 18.3 Å². The molecular formula is C16H21FO3. The van der Waals surface area contributed by atoms with E-state index in [9.17, 15) is 9.18 Å². The molecule has 3 nitrogen and oxygen atoms in total. The molecular weight excluding hydrogens is 259 g/mol. The van der Waals surface area contributed by atoms with Crippen LogP contribution >= 0.6 is 0 Å². The number of hydrogen-bond donors (Lipinski definition) is 1. The standard InChI is InChI=1S/C16H21FO3/c1-10-5-11(2)7-14(6-10)20-9-12-8-13(17)3-4-15(12)16(18)19/h3-4,8,10-11,14H,5-7,9H2,1-2H3,(H,18,19). The minimum absolute atomic E-state index is 0.114. The Morgan fingerprint density at radius 2 is 1.95 bits per heavy atom. The summed E-state index contributed by atoms with van der Waals surface area (Å²) in [5.74, 6) is -0.238. The van der Waals surface area contributed by atoms with Crippen LogP contribution in [0.2, 0.25) is 0 Å². The number of carboxylic acid groups (broad SMARTS) is 1. The Morgan fingerprint density at radius 1 is 1.30 bits per heavy atom. The summed E-state index contributed by atoms with van der Waals surface area (Å²) in [6.07, 6.45) is 3.32. The van der Waals surface area contributed by atoms with Crippen molar-refractivity contribution in [2.45, 2.75) is 45.8 Å². The maximum atomic E-state index is 13.3. The summed E-state index contributed by atoms with van der Waals surface area (Å²) >= 11 is 0. The Hall–Kier alpha value is -1.42. The molecule has 2 unspecified atom stereocenters. The number of ether oxygens (including phenoxy) is 1. The summed E-state index contributed by atoms with van der Waals surface area (Å²) < 4.78 is 19.1. The molecule has 2 atom stereocenters. The second-order valence-corrected chi connectivity index (χ2v) is 5.96. The molecule has 0 saturated heterocycles. The van der Waals surface area contributed by atoms with Gasteiger partial charge >= 0.3 is 5.97 Å². The van der Waals surface area contributed by atoms with Crippen LogP contribution in [0, 0.1) is 17.7 Å². The summed E-state index contributed by atoms with van der Waals surface area (Å²) in [5, 5.41) is 9.10. The molecule has 0 aromatic heterocycles. The molecule has 1 aromatic carbocycles. The van der Waals surface area contributed by atoms with E-state index in [4.69, 9.17) is 9.84 Å². The first-order valence-corrected chi connectivity index (χ1v) is 7.09. The van der Waals surface area contributed by atoms with E-state index in [1.807, 2.05) is 0 Å². The van der Waals surface area contributed by atoms with Crippen LogP contribution in [0.15, 0.2) is 18.2 Å². The molecule has 1 N–H and O–H groups in total. The molecule has 1 aliphatic rings. The summed E-state index contributed by atoms with van der Waals surface area (Å²) in [4.78, 5) is 11.1. The van der Waals surface area contributed by atoms with Gasteiger partial charge in [-0.2, -0.15) is 0 Å². The lowest BCUT2D eigenvalue weighted by molar-refractivity contribution is -0.00965. The summed E-state index contributed by atoms with van der Waals surface area (Å²) in [7, 11) is 0. The molecule has 1 aromatic rings. The lowest BCUT2D eigenvalue weighted by atomic mass is 9.82. The minimum Gasteiger partial charge on any atom is -0.478 e. The van der Waals surface area contributed by atoms with E-state index in [2.05, 4.69) is 13.8 Å². The van der Waals surface area contributed by atoms with Crippen molar-refractivity contribution in [1.82, 2.24) is 0 Å². The van der Waals surface area contributed by atoms with Crippen molar-refractivity contribution < 1.29 is 19.0 Å². The van der Waals surface area contributed by atoms with Gasteiger partial charge in [0.2, 0.25) is 0 Å². The zero-order valence-electron chi connectivity index (χ0n) is 11.9. The molecule has 2 rings (SSSR count). The monoisotopic (exact) mass is 280 g/mol. The first kappa shape index (κ1) is 15.0. The molecule has 0 radical (unpaired) electrons. The first-order valence-electron chi connectivity index (χ1n) is 7.09. The summed E-state index contributed by atoms with van der Waals surface area (Å²) in [5.41, 5.74) is 0.520. The summed E-state index contributed by atoms with van der Waals surface area (Å²) in [6.45, 7) is 4.57. The third-order valence-electron chi connectivity index (χ3n) is 3.91. The van der Waals surface area contributed by atoms with Gasteiger partial charge < -0.3 is 9.84 Å². The van der Waals surface area contributed by atoms with Gasteiger partial charge in [-0.25, -0.2) is 9.18 Å². The Balaban J connectivity index is 2.03. The number of halogens is 1. The first-order chi connectivity index (χ1) is 9.45. The second-order valence-electron chi connectivity index (χ2n) is 5.96. The van der Waals surface area contributed by atoms with E-state index in [1.54, 1.807) is 0 Å². The maximum absolute atomic E-state index is 13.3. The van der Waals surface area contributed by atoms with Gasteiger partial charge in [0, 0.05) is 0 Å². The highest BCUT2D eigenvalue weighted by Gasteiger charge is 2.24. The van der Waals surface area contributed by atoms with E-state index in [1.165, 1.54) is 18.6 Å². The van der Waals surface area contributed by atoms with E-state index in [0.717, 1.165) is 18.9 Å². The highest BCUT2D eigenvalue weighted by molar-refractivity contribution is 5.89. The largest absolute Gasteiger partial charge is 0.478 e. The Kier molecular flexibility index (Phi) is 4.76. The van der Waals surface area contributed by atoms with Gasteiger partial charge in [-0.3, -0.25) is 0 Å². The minimum atomic E-state index is -1.05. The lowest BCUT2D eigenvalue weighted by Gasteiger charge is -2.31. The van der Waals surface area contributed by atoms with Gasteiger partial charge in [-0.1, -0.05) is 13.8 Å². The fourth-order valence-corrected chi connectivity index (χ4v) is 3.11. The molecule has 110 valence electrons. The molecule has 1 saturated carbocycles. The molecule has 0 spiro atoms. The van der Waals surface area contributed by atoms with Crippen molar-refractivity contribution in [2.24, 2.45) is 11.8 Å². The zero-order valence-corrected chi connectivity index (χ0v) is 11.9. The highest BCUT2D eigenvalue weighted by Crippen LogP contribution is 2.31. The van der Waals surface area contributed by atoms with Crippen LogP contribution in [-0.2, 0) is 11.3 Å². The number of carboxylic acids is 1. The lowest BCUT2D eigenvalue weighted by Crippen LogP contribution is -2.26. The Bertz CT molecular complexity index is 477. The van der Waals surface area contributed by atoms with E-state index in [0.29, 0.717) is 17.4 Å². The quantitative estimate of drug-likeness (QED) is 0.910. The molecule has 0 heterocycles. The van der Waals surface area contributed by atoms with E-state index in [-0.39, 0.29) is 18.3 Å². The number of rotatable bonds is 4. The summed E-state index contributed by atoms with van der Waals surface area (Å²) in [6, 6.07) is 3.71. The normalized spacial score (nSPS) is 26.4. The number of benzene rings is 1. The van der Waals surface area contributed by atoms with Crippen molar-refractivity contribution in [3.05, 3.63) is 35.1 Å². The van der Waals surface area contributed by atoms with Gasteiger partial charge in [0.1, 0.15) is 5.82 Å². The number of carbonyl (C=O) groups is 1. The van der Waals surface area contributed by atoms with Crippen molar-refractivity contribution >= 4 is 5.97 Å². The molecule has 0 amide bonds. The van der Waals surface area contributed by atoms with Crippen LogP contribution in [0.4, 0.5) is 4.39 Å². The highest BCUT2D eigenvalue weighted by atomic mass is 19.1. The fourth-order valence-electron chi connectivity index (χ4n) is 3.11. The third-order valence-corrected chi connectivity index (χ3v) is 3.91. The van der Waals surface area contributed by atoms with Crippen LogP contribution in [0.1, 0.15) is 49.0 Å². The van der Waals surface area contributed by atoms with E-state index >= 15 is 0 Å². The average molecular weight is 280 g/mol. The van der Waals surface area contributed by atoms with Crippen LogP contribution in [0.25, 0.3) is 0 Å². The van der Waals surface area contributed by atoms with Gasteiger partial charge in [0.15, 0.2) is 0 Å². The number of aromatic carboxylic acids is 1. The maximum Gasteiger partial charge on any atom is 0.336 e. The van der Waals surface area contributed by atoms with Crippen molar-refractivity contribution in [2.75, 3.05) is 0 Å². The van der Waals surface area contributed by atoms with Crippen molar-refractivity contribution in [1.29, 1.82) is 0 Å². The topological polar surface area (TPSA) is 46.5 Å². The SMILES string of the molecule is CC1CC(C)CC(OCc2cc(F)ccc2C(=O)O)C1. The molecule has 20 heavy (non-hydrogen) atoms. The zero-order chi connectivity index (χ0) is 14.7. The van der Waals surface area contributed by atoms with Gasteiger partial charge in [0.25, 0.3) is 0 Å². The van der Waals surface area contributed by atoms with Crippen molar-refractivity contribution in [3.8, 4) is 0 Å². The molecule has 0 aliphatic heterocycles. The predicted octanol–water partition coefficient (Wildman–Crippen LogP) is 3.87. The smallest absolute Gasteiger partial charge is 0.336 e. The van der Waals surface area contributed by atoms with Crippen LogP contribution in [-0.4, -0.2) is 17.2 Å². The molecule has 4 heteroatoms. The molecule has 1 fully saturated rings. The Labute approximate surface area is 118 Å².